The molecule has 84 valence electrons. The summed E-state index contributed by atoms with van der Waals surface area (Å²) in [5, 5.41) is 9.59. The van der Waals surface area contributed by atoms with Crippen LogP contribution in [0.2, 0.25) is 0 Å². The Labute approximate surface area is 91.1 Å². The Balaban J connectivity index is 2.43. The van der Waals surface area contributed by atoms with Gasteiger partial charge in [0, 0.05) is 6.20 Å². The molecule has 0 saturated carbocycles. The van der Waals surface area contributed by atoms with Crippen LogP contribution in [0.1, 0.15) is 31.7 Å². The summed E-state index contributed by atoms with van der Waals surface area (Å²) in [4.78, 5) is 4.07. The van der Waals surface area contributed by atoms with Crippen molar-refractivity contribution < 1.29 is 9.84 Å². The van der Waals surface area contributed by atoms with Crippen molar-refractivity contribution in [3.05, 3.63) is 24.0 Å². The molecule has 0 aliphatic heterocycles. The molecule has 3 nitrogen and oxygen atoms in total. The van der Waals surface area contributed by atoms with Gasteiger partial charge in [0.1, 0.15) is 5.75 Å². The third kappa shape index (κ3) is 4.30. The van der Waals surface area contributed by atoms with Gasteiger partial charge in [-0.2, -0.15) is 0 Å². The van der Waals surface area contributed by atoms with Gasteiger partial charge in [0.2, 0.25) is 0 Å². The summed E-state index contributed by atoms with van der Waals surface area (Å²) in [6, 6.07) is 1.96. The number of methoxy groups -OCH3 is 1. The summed E-state index contributed by atoms with van der Waals surface area (Å²) in [5.74, 6) is 0.775. The van der Waals surface area contributed by atoms with Crippen molar-refractivity contribution in [2.24, 2.45) is 0 Å². The fourth-order valence-corrected chi connectivity index (χ4v) is 1.52. The molecule has 0 amide bonds. The summed E-state index contributed by atoms with van der Waals surface area (Å²) in [7, 11) is 1.63. The molecule has 1 aromatic heterocycles. The summed E-state index contributed by atoms with van der Waals surface area (Å²) in [6.07, 6.45) is 6.86. The maximum absolute atomic E-state index is 9.59. The van der Waals surface area contributed by atoms with Gasteiger partial charge in [-0.25, -0.2) is 0 Å². The molecule has 0 fully saturated rings. The summed E-state index contributed by atoms with van der Waals surface area (Å²) in [5.41, 5.74) is 1.12. The Kier molecular flexibility index (Phi) is 5.12. The highest BCUT2D eigenvalue weighted by molar-refractivity contribution is 5.23. The Hall–Kier alpha value is -1.09. The number of aryl methyl sites for hydroxylation is 1. The van der Waals surface area contributed by atoms with Crippen LogP contribution >= 0.6 is 0 Å². The van der Waals surface area contributed by atoms with Crippen LogP contribution in [0, 0.1) is 0 Å². The number of aromatic nitrogens is 1. The van der Waals surface area contributed by atoms with E-state index in [0.29, 0.717) is 0 Å². The molecule has 1 rings (SSSR count). The first-order chi connectivity index (χ1) is 7.26. The van der Waals surface area contributed by atoms with Crippen molar-refractivity contribution in [1.82, 2.24) is 4.98 Å². The first-order valence-corrected chi connectivity index (χ1v) is 5.42. The Bertz CT molecular complexity index is 289. The van der Waals surface area contributed by atoms with Crippen LogP contribution in [0.15, 0.2) is 18.5 Å². The molecule has 0 spiro atoms. The summed E-state index contributed by atoms with van der Waals surface area (Å²) < 4.78 is 5.08. The van der Waals surface area contributed by atoms with Gasteiger partial charge in [-0.3, -0.25) is 4.98 Å². The van der Waals surface area contributed by atoms with Crippen molar-refractivity contribution in [3.8, 4) is 5.75 Å². The van der Waals surface area contributed by atoms with Gasteiger partial charge in [0.15, 0.2) is 0 Å². The van der Waals surface area contributed by atoms with E-state index in [1.54, 1.807) is 13.3 Å². The fourth-order valence-electron chi connectivity index (χ4n) is 1.52. The molecule has 0 bridgehead atoms. The molecule has 1 aromatic rings. The smallest absolute Gasteiger partial charge is 0.137 e. The van der Waals surface area contributed by atoms with Gasteiger partial charge in [-0.15, -0.1) is 0 Å². The van der Waals surface area contributed by atoms with E-state index in [4.69, 9.17) is 4.74 Å². The van der Waals surface area contributed by atoms with E-state index in [0.717, 1.165) is 37.0 Å². The maximum Gasteiger partial charge on any atom is 0.137 e. The zero-order chi connectivity index (χ0) is 11.1. The van der Waals surface area contributed by atoms with Gasteiger partial charge in [0.25, 0.3) is 0 Å². The van der Waals surface area contributed by atoms with Crippen LogP contribution in [0.25, 0.3) is 0 Å². The van der Waals surface area contributed by atoms with E-state index in [9.17, 15) is 5.11 Å². The number of hydrogen-bond acceptors (Lipinski definition) is 3. The summed E-state index contributed by atoms with van der Waals surface area (Å²) in [6.45, 7) is 2.08. The maximum atomic E-state index is 9.59. The monoisotopic (exact) mass is 209 g/mol. The molecule has 0 aliphatic rings. The van der Waals surface area contributed by atoms with E-state index >= 15 is 0 Å². The SMILES string of the molecule is CCCC(O)CCc1cncc(OC)c1. The molecule has 15 heavy (non-hydrogen) atoms. The lowest BCUT2D eigenvalue weighted by atomic mass is 10.1. The highest BCUT2D eigenvalue weighted by Gasteiger charge is 2.04. The lowest BCUT2D eigenvalue weighted by Crippen LogP contribution is -2.07. The number of rotatable bonds is 6. The molecular weight excluding hydrogens is 190 g/mol. The van der Waals surface area contributed by atoms with E-state index in [-0.39, 0.29) is 6.10 Å². The summed E-state index contributed by atoms with van der Waals surface area (Å²) >= 11 is 0. The highest BCUT2D eigenvalue weighted by atomic mass is 16.5. The number of aliphatic hydroxyl groups is 1. The fraction of sp³-hybridized carbons (Fsp3) is 0.583. The lowest BCUT2D eigenvalue weighted by molar-refractivity contribution is 0.154. The van der Waals surface area contributed by atoms with Crippen LogP contribution in [-0.4, -0.2) is 23.3 Å². The van der Waals surface area contributed by atoms with Gasteiger partial charge in [-0.05, 0) is 30.9 Å². The second-order valence-electron chi connectivity index (χ2n) is 3.71. The number of hydrogen-bond donors (Lipinski definition) is 1. The molecule has 3 heteroatoms. The second-order valence-corrected chi connectivity index (χ2v) is 3.71. The zero-order valence-electron chi connectivity index (χ0n) is 9.44. The molecule has 1 atom stereocenters. The molecule has 1 heterocycles. The number of pyridine rings is 1. The minimum absolute atomic E-state index is 0.193. The Morgan fingerprint density at radius 1 is 1.40 bits per heavy atom. The quantitative estimate of drug-likeness (QED) is 0.781. The molecule has 0 radical (unpaired) electrons. The molecule has 1 N–H and O–H groups in total. The standard InChI is InChI=1S/C12H19NO2/c1-3-4-11(14)6-5-10-7-12(15-2)9-13-8-10/h7-9,11,14H,3-6H2,1-2H3. The number of ether oxygens (including phenoxy) is 1. The van der Waals surface area contributed by atoms with E-state index in [2.05, 4.69) is 11.9 Å². The van der Waals surface area contributed by atoms with Crippen molar-refractivity contribution >= 4 is 0 Å². The molecular formula is C12H19NO2. The van der Waals surface area contributed by atoms with Crippen LogP contribution in [-0.2, 0) is 6.42 Å². The minimum atomic E-state index is -0.193. The second kappa shape index (κ2) is 6.40. The van der Waals surface area contributed by atoms with Crippen molar-refractivity contribution in [2.45, 2.75) is 38.7 Å². The van der Waals surface area contributed by atoms with Gasteiger partial charge >= 0.3 is 0 Å². The third-order valence-electron chi connectivity index (χ3n) is 2.39. The van der Waals surface area contributed by atoms with Crippen molar-refractivity contribution in [2.75, 3.05) is 7.11 Å². The van der Waals surface area contributed by atoms with E-state index in [1.807, 2.05) is 12.3 Å². The van der Waals surface area contributed by atoms with Gasteiger partial charge in [-0.1, -0.05) is 13.3 Å². The van der Waals surface area contributed by atoms with Crippen LogP contribution in [0.3, 0.4) is 0 Å². The topological polar surface area (TPSA) is 42.4 Å². The number of nitrogens with zero attached hydrogens (tertiary/aromatic N) is 1. The van der Waals surface area contributed by atoms with Crippen molar-refractivity contribution in [3.63, 3.8) is 0 Å². The predicted octanol–water partition coefficient (Wildman–Crippen LogP) is 2.18. The molecule has 0 saturated heterocycles. The first-order valence-electron chi connectivity index (χ1n) is 5.42. The highest BCUT2D eigenvalue weighted by Crippen LogP contribution is 2.13. The average Bonchev–Trinajstić information content (AvgIpc) is 2.27. The lowest BCUT2D eigenvalue weighted by Gasteiger charge is -2.09. The third-order valence-corrected chi connectivity index (χ3v) is 2.39. The normalized spacial score (nSPS) is 12.5. The largest absolute Gasteiger partial charge is 0.495 e. The Morgan fingerprint density at radius 2 is 2.20 bits per heavy atom. The molecule has 0 aromatic carbocycles. The van der Waals surface area contributed by atoms with E-state index < -0.39 is 0 Å². The van der Waals surface area contributed by atoms with Crippen molar-refractivity contribution in [1.29, 1.82) is 0 Å². The first kappa shape index (κ1) is 12.0. The predicted molar refractivity (Wildman–Crippen MR) is 60.0 cm³/mol. The minimum Gasteiger partial charge on any atom is -0.495 e. The van der Waals surface area contributed by atoms with Gasteiger partial charge < -0.3 is 9.84 Å². The average molecular weight is 209 g/mol. The zero-order valence-corrected chi connectivity index (χ0v) is 9.44. The van der Waals surface area contributed by atoms with E-state index in [1.165, 1.54) is 0 Å². The van der Waals surface area contributed by atoms with Crippen LogP contribution in [0.5, 0.6) is 5.75 Å². The molecule has 1 unspecified atom stereocenters. The number of aliphatic hydroxyl groups excluding tert-OH is 1. The van der Waals surface area contributed by atoms with Crippen LogP contribution < -0.4 is 4.74 Å². The molecule has 0 aliphatic carbocycles. The Morgan fingerprint density at radius 3 is 2.87 bits per heavy atom. The van der Waals surface area contributed by atoms with Crippen LogP contribution in [0.4, 0.5) is 0 Å². The van der Waals surface area contributed by atoms with Gasteiger partial charge in [0.05, 0.1) is 19.4 Å².